The first-order valence-corrected chi connectivity index (χ1v) is 40.0. The molecule has 0 aliphatic heterocycles. The number of thiophene rings is 2. The first-order chi connectivity index (χ1) is 46.9. The van der Waals surface area contributed by atoms with Gasteiger partial charge in [0.1, 0.15) is 6.33 Å². The van der Waals surface area contributed by atoms with E-state index in [2.05, 4.69) is 252 Å². The number of aromatic nitrogens is 7. The highest BCUT2D eigenvalue weighted by molar-refractivity contribution is 7.10. The van der Waals surface area contributed by atoms with Crippen LogP contribution in [-0.4, -0.2) is 34.9 Å². The standard InChI is InChI=1S/C9H12.3C8H11N.2C7H10N2.2C7H10S.C6H12.C6H14.8C2H6.3CH4/c1-8(2)9-6-4-3-5-7-9;1-7(2)8-3-5-9-6-4-8;1-7(2)8-4-3-5-9-6-8;1-7(2)8-5-3-4-6-9-8;1-6(2)7-3-8-5-9-4-7;1-6(2)7-5-8-3-4-9-7;1-6(2)7-3-4-8-5-7;1-6(2)7-4-3-5-8-7;1-5(2)6-3-4-6;1-5(2)6(3)4;8*1-2;;;/h3-8H,1-2H3;3*3-7H,1-2H3;2*3-6H,1-2H3;2*3-6H,1-2H3;5-6H,3-4H2,1-2H3;5-6H,1-4H3;8*1-2H3;3*1H4. The van der Waals surface area contributed by atoms with Crippen molar-refractivity contribution >= 4 is 22.7 Å². The van der Waals surface area contributed by atoms with Gasteiger partial charge in [0.15, 0.2) is 0 Å². The molecule has 0 N–H and O–H groups in total. The molecule has 8 aromatic rings. The van der Waals surface area contributed by atoms with E-state index in [1.807, 2.05) is 202 Å². The second-order valence-electron chi connectivity index (χ2n) is 23.9. The van der Waals surface area contributed by atoms with E-state index in [-0.39, 0.29) is 22.3 Å². The summed E-state index contributed by atoms with van der Waals surface area (Å²) in [4.78, 5) is 29.4. The molecule has 586 valence electrons. The monoisotopic (exact) mass is 1440 g/mol. The van der Waals surface area contributed by atoms with Crippen LogP contribution in [0.3, 0.4) is 0 Å². The molecular weight excluding hydrogens is 1270 g/mol. The second kappa shape index (κ2) is 92.2. The van der Waals surface area contributed by atoms with Gasteiger partial charge in [-0.05, 0) is 170 Å². The third kappa shape index (κ3) is 81.4. The molecule has 0 amide bonds. The van der Waals surface area contributed by atoms with E-state index >= 15 is 0 Å². The molecule has 1 aliphatic rings. The third-order valence-corrected chi connectivity index (χ3v) is 15.0. The number of benzene rings is 1. The minimum Gasteiger partial charge on any atom is -0.265 e. The molecule has 7 heterocycles. The average molecular weight is 1440 g/mol. The van der Waals surface area contributed by atoms with Gasteiger partial charge in [0, 0.05) is 72.5 Å². The summed E-state index contributed by atoms with van der Waals surface area (Å²) in [5.41, 5.74) is 8.93. The van der Waals surface area contributed by atoms with Gasteiger partial charge in [0.25, 0.3) is 0 Å². The summed E-state index contributed by atoms with van der Waals surface area (Å²) in [5, 5.41) is 6.44. The number of nitrogens with zero attached hydrogens (tertiary/aromatic N) is 7. The summed E-state index contributed by atoms with van der Waals surface area (Å²) in [6.45, 7) is 80.2. The van der Waals surface area contributed by atoms with Crippen molar-refractivity contribution in [3.63, 3.8) is 0 Å². The number of rotatable bonds is 10. The number of hydrogen-bond acceptors (Lipinski definition) is 9. The van der Waals surface area contributed by atoms with E-state index in [9.17, 15) is 0 Å². The summed E-state index contributed by atoms with van der Waals surface area (Å²) in [6, 6.07) is 31.1. The highest BCUT2D eigenvalue weighted by Gasteiger charge is 2.24. The third-order valence-electron chi connectivity index (χ3n) is 13.1. The average Bonchev–Trinajstić information content (AvgIpc) is 1.51. The first-order valence-electron chi connectivity index (χ1n) is 38.2. The van der Waals surface area contributed by atoms with Crippen molar-refractivity contribution < 1.29 is 0 Å². The van der Waals surface area contributed by atoms with E-state index < -0.39 is 0 Å². The van der Waals surface area contributed by atoms with Crippen LogP contribution in [0.15, 0.2) is 175 Å². The van der Waals surface area contributed by atoms with Crippen LogP contribution in [-0.2, 0) is 0 Å². The highest BCUT2D eigenvalue weighted by atomic mass is 32.1. The second-order valence-corrected chi connectivity index (χ2v) is 25.7. The Bertz CT molecular complexity index is 2160. The van der Waals surface area contributed by atoms with Gasteiger partial charge in [0.05, 0.1) is 5.69 Å². The van der Waals surface area contributed by atoms with Crippen molar-refractivity contribution in [2.45, 2.75) is 346 Å². The molecule has 9 rings (SSSR count). The van der Waals surface area contributed by atoms with Crippen LogP contribution in [0.2, 0.25) is 0 Å². The smallest absolute Gasteiger partial charge is 0.115 e. The lowest BCUT2D eigenvalue weighted by atomic mass is 10.0. The largest absolute Gasteiger partial charge is 0.265 e. The molecule has 1 fully saturated rings. The molecule has 0 bridgehead atoms. The maximum atomic E-state index is 4.18. The fourth-order valence-corrected chi connectivity index (χ4v) is 7.79. The Hall–Kier alpha value is -5.77. The van der Waals surface area contributed by atoms with Gasteiger partial charge in [-0.3, -0.25) is 24.9 Å². The van der Waals surface area contributed by atoms with E-state index in [0.717, 1.165) is 35.1 Å². The SMILES string of the molecule is C.C.C.CC.CC.CC.CC.CC.CC.CC.CC.CC(C)C(C)C.CC(C)C1CC1.CC(C)c1ccccc1.CC(C)c1ccccn1.CC(C)c1cccnc1.CC(C)c1cccs1.CC(C)c1ccncc1.CC(C)c1ccsc1.CC(C)c1cnccn1.CC(C)c1cncnc1. The van der Waals surface area contributed by atoms with Crippen molar-refractivity contribution in [3.05, 3.63) is 220 Å². The fourth-order valence-electron chi connectivity index (χ4n) is 6.22. The van der Waals surface area contributed by atoms with Crippen LogP contribution in [0.25, 0.3) is 0 Å². The maximum Gasteiger partial charge on any atom is 0.115 e. The first kappa shape index (κ1) is 122. The van der Waals surface area contributed by atoms with E-state index in [1.165, 1.54) is 45.5 Å². The Labute approximate surface area is 642 Å². The predicted octanol–water partition coefficient (Wildman–Crippen LogP) is 32.8. The van der Waals surface area contributed by atoms with Gasteiger partial charge >= 0.3 is 0 Å². The van der Waals surface area contributed by atoms with E-state index in [1.54, 1.807) is 42.5 Å². The predicted molar refractivity (Wildman–Crippen MR) is 473 cm³/mol. The number of hydrogen-bond donors (Lipinski definition) is 0. The molecule has 0 radical (unpaired) electrons. The molecule has 1 saturated carbocycles. The molecular formula is C92H171N7S2. The normalized spacial score (nSPS) is 9.51. The molecule has 0 spiro atoms. The molecule has 9 heteroatoms. The van der Waals surface area contributed by atoms with Gasteiger partial charge in [-0.25, -0.2) is 9.97 Å². The van der Waals surface area contributed by atoms with Gasteiger partial charge in [0.2, 0.25) is 0 Å². The Kier molecular flexibility index (Phi) is 111. The molecule has 1 aliphatic carbocycles. The zero-order chi connectivity index (χ0) is 77.8. The quantitative estimate of drug-likeness (QED) is 0.135. The lowest BCUT2D eigenvalue weighted by molar-refractivity contribution is 0.457. The number of pyridine rings is 3. The van der Waals surface area contributed by atoms with Gasteiger partial charge in [-0.2, -0.15) is 11.3 Å². The van der Waals surface area contributed by atoms with Crippen LogP contribution in [0.1, 0.15) is 390 Å². The Balaban J connectivity index is -0.0000000850. The zero-order valence-corrected chi connectivity index (χ0v) is 72.7. The van der Waals surface area contributed by atoms with Crippen molar-refractivity contribution in [2.24, 2.45) is 23.7 Å². The highest BCUT2D eigenvalue weighted by Crippen LogP contribution is 2.35. The van der Waals surface area contributed by atoms with E-state index in [0.29, 0.717) is 47.3 Å². The summed E-state index contributed by atoms with van der Waals surface area (Å²) < 4.78 is 0. The molecule has 101 heavy (non-hydrogen) atoms. The molecule has 7 nitrogen and oxygen atoms in total. The van der Waals surface area contributed by atoms with Crippen LogP contribution in [0, 0.1) is 23.7 Å². The molecule has 0 unspecified atom stereocenters. The molecule has 0 saturated heterocycles. The van der Waals surface area contributed by atoms with Gasteiger partial charge < -0.3 is 0 Å². The molecule has 1 aromatic carbocycles. The minimum absolute atomic E-state index is 0. The van der Waals surface area contributed by atoms with E-state index in [4.69, 9.17) is 0 Å². The van der Waals surface area contributed by atoms with Crippen LogP contribution in [0.4, 0.5) is 0 Å². The van der Waals surface area contributed by atoms with Gasteiger partial charge in [-0.15, -0.1) is 11.3 Å². The van der Waals surface area contributed by atoms with Gasteiger partial charge in [-0.1, -0.05) is 334 Å². The Morgan fingerprint density at radius 2 is 0.703 bits per heavy atom. The topological polar surface area (TPSA) is 90.2 Å². The van der Waals surface area contributed by atoms with Crippen LogP contribution >= 0.6 is 22.7 Å². The minimum atomic E-state index is 0. The lowest BCUT2D eigenvalue weighted by Gasteiger charge is -2.05. The van der Waals surface area contributed by atoms with Crippen LogP contribution in [0.5, 0.6) is 0 Å². The van der Waals surface area contributed by atoms with Crippen molar-refractivity contribution in [1.82, 2.24) is 34.9 Å². The summed E-state index contributed by atoms with van der Waals surface area (Å²) >= 11 is 3.60. The summed E-state index contributed by atoms with van der Waals surface area (Å²) in [7, 11) is 0. The Morgan fingerprint density at radius 3 is 0.921 bits per heavy atom. The fraction of sp³-hybridized carbons (Fsp3) is 0.598. The molecule has 0 atom stereocenters. The van der Waals surface area contributed by atoms with Crippen molar-refractivity contribution in [2.75, 3.05) is 0 Å². The lowest BCUT2D eigenvalue weighted by Crippen LogP contribution is -1.95. The maximum absolute atomic E-state index is 4.18. The molecule has 7 aromatic heterocycles. The zero-order valence-electron chi connectivity index (χ0n) is 71.0. The van der Waals surface area contributed by atoms with Crippen LogP contribution < -0.4 is 0 Å². The Morgan fingerprint density at radius 1 is 0.297 bits per heavy atom. The van der Waals surface area contributed by atoms with Crippen molar-refractivity contribution in [3.8, 4) is 0 Å². The van der Waals surface area contributed by atoms with Crippen molar-refractivity contribution in [1.29, 1.82) is 0 Å². The summed E-state index contributed by atoms with van der Waals surface area (Å²) in [5.74, 6) is 8.61. The summed E-state index contributed by atoms with van der Waals surface area (Å²) in [6.07, 6.45) is 22.6.